The van der Waals surface area contributed by atoms with E-state index in [0.29, 0.717) is 26.4 Å². The number of carbonyl (C=O) groups is 1. The van der Waals surface area contributed by atoms with Gasteiger partial charge in [-0.3, -0.25) is 9.20 Å². The van der Waals surface area contributed by atoms with Crippen molar-refractivity contribution in [2.45, 2.75) is 30.7 Å². The van der Waals surface area contributed by atoms with E-state index < -0.39 is 0 Å². The second-order valence-electron chi connectivity index (χ2n) is 5.36. The van der Waals surface area contributed by atoms with Crippen molar-refractivity contribution >= 4 is 46.4 Å². The van der Waals surface area contributed by atoms with E-state index in [4.69, 9.17) is 23.2 Å². The van der Waals surface area contributed by atoms with Crippen LogP contribution in [0.2, 0.25) is 10.0 Å². The van der Waals surface area contributed by atoms with Crippen molar-refractivity contribution in [3.8, 4) is 0 Å². The van der Waals surface area contributed by atoms with E-state index in [1.54, 1.807) is 16.7 Å². The zero-order valence-electron chi connectivity index (χ0n) is 13.2. The smallest absolute Gasteiger partial charge is 0.196 e. The lowest BCUT2D eigenvalue weighted by atomic mass is 10.1. The summed E-state index contributed by atoms with van der Waals surface area (Å²) in [7, 11) is 0. The molecule has 0 aliphatic carbocycles. The minimum atomic E-state index is -0.303. The van der Waals surface area contributed by atoms with Crippen LogP contribution in [0.25, 0.3) is 5.65 Å². The first-order chi connectivity index (χ1) is 11.5. The quantitative estimate of drug-likeness (QED) is 0.464. The summed E-state index contributed by atoms with van der Waals surface area (Å²) in [6.07, 6.45) is 2.64. The third-order valence-electron chi connectivity index (χ3n) is 3.69. The second kappa shape index (κ2) is 7.13. The molecule has 0 radical (unpaired) electrons. The second-order valence-corrected chi connectivity index (χ2v) is 7.51. The Morgan fingerprint density at radius 2 is 1.96 bits per heavy atom. The van der Waals surface area contributed by atoms with Crippen LogP contribution >= 0.6 is 35.0 Å². The van der Waals surface area contributed by atoms with Crippen molar-refractivity contribution in [3.05, 3.63) is 57.7 Å². The lowest BCUT2D eigenvalue weighted by Gasteiger charge is -2.09. The van der Waals surface area contributed by atoms with Gasteiger partial charge in [0.1, 0.15) is 0 Å². The van der Waals surface area contributed by atoms with Gasteiger partial charge in [0.2, 0.25) is 0 Å². The van der Waals surface area contributed by atoms with Crippen molar-refractivity contribution < 1.29 is 4.79 Å². The molecule has 0 amide bonds. The molecular weight excluding hydrogens is 365 g/mol. The Morgan fingerprint density at radius 1 is 1.25 bits per heavy atom. The molecule has 0 N–H and O–H groups in total. The van der Waals surface area contributed by atoms with Gasteiger partial charge in [0.15, 0.2) is 16.6 Å². The molecule has 2 heterocycles. The summed E-state index contributed by atoms with van der Waals surface area (Å²) in [5, 5.41) is 9.38. The van der Waals surface area contributed by atoms with Crippen LogP contribution in [0.15, 0.2) is 41.7 Å². The number of fused-ring (bicyclic) bond motifs is 1. The maximum absolute atomic E-state index is 12.6. The molecule has 0 unspecified atom stereocenters. The molecular formula is C17H15Cl2N3OS. The van der Waals surface area contributed by atoms with Gasteiger partial charge in [0.05, 0.1) is 15.3 Å². The molecule has 7 heteroatoms. The summed E-state index contributed by atoms with van der Waals surface area (Å²) in [4.78, 5) is 12.6. The number of benzene rings is 1. The van der Waals surface area contributed by atoms with Gasteiger partial charge in [0, 0.05) is 11.8 Å². The van der Waals surface area contributed by atoms with E-state index in [0.717, 1.165) is 6.42 Å². The number of thioether (sulfide) groups is 1. The number of halogens is 2. The summed E-state index contributed by atoms with van der Waals surface area (Å²) in [6.45, 7) is 3.94. The van der Waals surface area contributed by atoms with Crippen molar-refractivity contribution in [3.63, 3.8) is 0 Å². The fourth-order valence-corrected chi connectivity index (χ4v) is 3.74. The van der Waals surface area contributed by atoms with Crippen LogP contribution in [-0.4, -0.2) is 25.6 Å². The summed E-state index contributed by atoms with van der Waals surface area (Å²) in [5.41, 5.74) is 2.42. The standard InChI is InChI=1S/C17H15Cl2N3OS/c1-3-11-4-6-12(7-5-11)15(23)10(2)24-17-21-20-16-14(19)8-13(18)9-22(16)17/h4-10H,3H2,1-2H3/t10-/m1/s1. The molecule has 0 fully saturated rings. The number of carbonyl (C=O) groups excluding carboxylic acids is 1. The predicted octanol–water partition coefficient (Wildman–Crippen LogP) is 4.96. The number of ketones is 1. The number of aryl methyl sites for hydroxylation is 1. The van der Waals surface area contributed by atoms with Crippen molar-refractivity contribution in [1.29, 1.82) is 0 Å². The molecule has 0 aliphatic heterocycles. The molecule has 0 saturated heterocycles. The Bertz CT molecular complexity index is 893. The largest absolute Gasteiger partial charge is 0.293 e. The minimum Gasteiger partial charge on any atom is -0.293 e. The number of hydrogen-bond acceptors (Lipinski definition) is 4. The topological polar surface area (TPSA) is 47.3 Å². The highest BCUT2D eigenvalue weighted by atomic mass is 35.5. The van der Waals surface area contributed by atoms with Gasteiger partial charge in [0.25, 0.3) is 0 Å². The van der Waals surface area contributed by atoms with E-state index >= 15 is 0 Å². The highest BCUT2D eigenvalue weighted by Gasteiger charge is 2.20. The van der Waals surface area contributed by atoms with E-state index in [1.165, 1.54) is 17.3 Å². The molecule has 124 valence electrons. The Hall–Kier alpha value is -1.56. The van der Waals surface area contributed by atoms with Crippen LogP contribution in [0.5, 0.6) is 0 Å². The Kier molecular flexibility index (Phi) is 5.13. The summed E-state index contributed by atoms with van der Waals surface area (Å²) in [6, 6.07) is 9.32. The first-order valence-electron chi connectivity index (χ1n) is 7.49. The van der Waals surface area contributed by atoms with Crippen molar-refractivity contribution in [2.24, 2.45) is 0 Å². The molecule has 3 aromatic rings. The van der Waals surface area contributed by atoms with E-state index in [-0.39, 0.29) is 11.0 Å². The van der Waals surface area contributed by atoms with Gasteiger partial charge >= 0.3 is 0 Å². The van der Waals surface area contributed by atoms with Gasteiger partial charge < -0.3 is 0 Å². The van der Waals surface area contributed by atoms with Crippen LogP contribution < -0.4 is 0 Å². The Labute approximate surface area is 154 Å². The number of hydrogen-bond donors (Lipinski definition) is 0. The van der Waals surface area contributed by atoms with Gasteiger partial charge in [-0.1, -0.05) is 66.2 Å². The number of pyridine rings is 1. The Morgan fingerprint density at radius 3 is 2.62 bits per heavy atom. The molecule has 0 aliphatic rings. The maximum Gasteiger partial charge on any atom is 0.196 e. The van der Waals surface area contributed by atoms with E-state index in [9.17, 15) is 4.79 Å². The minimum absolute atomic E-state index is 0.0486. The molecule has 1 aromatic carbocycles. The summed E-state index contributed by atoms with van der Waals surface area (Å²) in [5.74, 6) is 0.0486. The monoisotopic (exact) mass is 379 g/mol. The first-order valence-corrected chi connectivity index (χ1v) is 9.12. The predicted molar refractivity (Wildman–Crippen MR) is 98.5 cm³/mol. The fraction of sp³-hybridized carbons (Fsp3) is 0.235. The van der Waals surface area contributed by atoms with Crippen molar-refractivity contribution in [2.75, 3.05) is 0 Å². The van der Waals surface area contributed by atoms with Crippen LogP contribution in [0, 0.1) is 0 Å². The lowest BCUT2D eigenvalue weighted by molar-refractivity contribution is 0.0994. The molecule has 1 atom stereocenters. The maximum atomic E-state index is 12.6. The van der Waals surface area contributed by atoms with Gasteiger partial charge in [-0.15, -0.1) is 10.2 Å². The van der Waals surface area contributed by atoms with Crippen LogP contribution in [0.4, 0.5) is 0 Å². The average Bonchev–Trinajstić information content (AvgIpc) is 2.97. The molecule has 0 saturated carbocycles. The van der Waals surface area contributed by atoms with Gasteiger partial charge in [-0.25, -0.2) is 0 Å². The molecule has 4 nitrogen and oxygen atoms in total. The molecule has 0 spiro atoms. The van der Waals surface area contributed by atoms with Crippen molar-refractivity contribution in [1.82, 2.24) is 14.6 Å². The SMILES string of the molecule is CCc1ccc(C(=O)[C@@H](C)Sc2nnc3c(Cl)cc(Cl)cn23)cc1. The number of Topliss-reactive ketones (excluding diaryl/α,β-unsaturated/α-hetero) is 1. The molecule has 0 bridgehead atoms. The third-order valence-corrected chi connectivity index (χ3v) is 5.23. The highest BCUT2D eigenvalue weighted by molar-refractivity contribution is 8.00. The summed E-state index contributed by atoms with van der Waals surface area (Å²) < 4.78 is 1.71. The van der Waals surface area contributed by atoms with Gasteiger partial charge in [-0.2, -0.15) is 0 Å². The highest BCUT2D eigenvalue weighted by Crippen LogP contribution is 2.28. The van der Waals surface area contributed by atoms with Gasteiger partial charge in [-0.05, 0) is 25.0 Å². The Balaban J connectivity index is 1.83. The van der Waals surface area contributed by atoms with E-state index in [2.05, 4.69) is 17.1 Å². The zero-order valence-corrected chi connectivity index (χ0v) is 15.5. The lowest BCUT2D eigenvalue weighted by Crippen LogP contribution is -2.14. The number of rotatable bonds is 5. The van der Waals surface area contributed by atoms with Crippen LogP contribution in [0.1, 0.15) is 29.8 Å². The zero-order chi connectivity index (χ0) is 17.3. The fourth-order valence-electron chi connectivity index (χ4n) is 2.33. The molecule has 3 rings (SSSR count). The van der Waals surface area contributed by atoms with E-state index in [1.807, 2.05) is 31.2 Å². The number of aromatic nitrogens is 3. The molecule has 24 heavy (non-hydrogen) atoms. The average molecular weight is 380 g/mol. The number of nitrogens with zero attached hydrogens (tertiary/aromatic N) is 3. The van der Waals surface area contributed by atoms with Crippen LogP contribution in [-0.2, 0) is 6.42 Å². The molecule has 2 aromatic heterocycles. The first kappa shape index (κ1) is 17.3. The summed E-state index contributed by atoms with van der Waals surface area (Å²) >= 11 is 13.5. The van der Waals surface area contributed by atoms with Crippen LogP contribution in [0.3, 0.4) is 0 Å². The normalized spacial score (nSPS) is 12.5. The third kappa shape index (κ3) is 3.43.